The summed E-state index contributed by atoms with van der Waals surface area (Å²) in [4.78, 5) is 11.4. The van der Waals surface area contributed by atoms with Gasteiger partial charge in [-0.25, -0.2) is 4.79 Å². The van der Waals surface area contributed by atoms with Crippen LogP contribution in [0.15, 0.2) is 62.9 Å². The molecule has 3 aromatic rings. The zero-order valence-electron chi connectivity index (χ0n) is 12.8. The molecule has 0 spiro atoms. The third-order valence-corrected chi connectivity index (χ3v) is 3.85. The van der Waals surface area contributed by atoms with E-state index in [1.54, 1.807) is 42.5 Å². The van der Waals surface area contributed by atoms with Gasteiger partial charge in [-0.1, -0.05) is 28.9 Å². The second-order valence-corrected chi connectivity index (χ2v) is 5.69. The van der Waals surface area contributed by atoms with Gasteiger partial charge in [-0.05, 0) is 42.8 Å². The highest BCUT2D eigenvalue weighted by atomic mass is 35.5. The number of aryl methyl sites for hydroxylation is 1. The summed E-state index contributed by atoms with van der Waals surface area (Å²) in [7, 11) is 0. The minimum Gasteiger partial charge on any atom is -0.487 e. The van der Waals surface area contributed by atoms with Gasteiger partial charge in [0.2, 0.25) is 0 Å². The van der Waals surface area contributed by atoms with Crippen molar-refractivity contribution in [3.8, 4) is 5.75 Å². The number of hydrogen-bond donors (Lipinski definition) is 1. The topological polar surface area (TPSA) is 72.0 Å². The zero-order valence-corrected chi connectivity index (χ0v) is 13.6. The van der Waals surface area contributed by atoms with Crippen molar-refractivity contribution >= 4 is 28.3 Å². The van der Waals surface area contributed by atoms with E-state index in [0.29, 0.717) is 27.6 Å². The predicted octanol–water partition coefficient (Wildman–Crippen LogP) is 4.01. The fourth-order valence-electron chi connectivity index (χ4n) is 2.35. The summed E-state index contributed by atoms with van der Waals surface area (Å²) in [5.74, 6) is 0.578. The Labute approximate surface area is 142 Å². The van der Waals surface area contributed by atoms with Gasteiger partial charge in [0.15, 0.2) is 0 Å². The molecule has 0 bridgehead atoms. The lowest BCUT2D eigenvalue weighted by molar-refractivity contribution is 0.308. The van der Waals surface area contributed by atoms with Gasteiger partial charge in [0, 0.05) is 22.0 Å². The third kappa shape index (κ3) is 3.41. The first kappa shape index (κ1) is 16.1. The van der Waals surface area contributed by atoms with Crippen LogP contribution in [0.3, 0.4) is 0 Å². The van der Waals surface area contributed by atoms with Crippen LogP contribution in [0.4, 0.5) is 0 Å². The first-order chi connectivity index (χ1) is 11.6. The Morgan fingerprint density at radius 1 is 1.21 bits per heavy atom. The van der Waals surface area contributed by atoms with Gasteiger partial charge in [-0.2, -0.15) is 0 Å². The molecule has 0 amide bonds. The van der Waals surface area contributed by atoms with Crippen molar-refractivity contribution in [3.63, 3.8) is 0 Å². The minimum absolute atomic E-state index is 0.0828. The van der Waals surface area contributed by atoms with E-state index >= 15 is 0 Å². The average molecular weight is 344 g/mol. The number of fused-ring (bicyclic) bond motifs is 1. The number of halogens is 1. The Bertz CT molecular complexity index is 961. The van der Waals surface area contributed by atoms with Crippen LogP contribution in [0.1, 0.15) is 11.1 Å². The lowest BCUT2D eigenvalue weighted by Crippen LogP contribution is -2.13. The molecule has 0 radical (unpaired) electrons. The molecule has 1 aromatic heterocycles. The summed E-state index contributed by atoms with van der Waals surface area (Å²) in [5, 5.41) is 13.9. The van der Waals surface area contributed by atoms with Crippen molar-refractivity contribution in [2.24, 2.45) is 5.16 Å². The molecule has 0 aliphatic heterocycles. The first-order valence-electron chi connectivity index (χ1n) is 7.21. The molecule has 1 heterocycles. The number of oxime groups is 1. The molecule has 0 fully saturated rings. The van der Waals surface area contributed by atoms with Crippen LogP contribution in [0, 0.1) is 6.92 Å². The molecule has 0 saturated carbocycles. The van der Waals surface area contributed by atoms with Gasteiger partial charge >= 0.3 is 5.63 Å². The highest BCUT2D eigenvalue weighted by Crippen LogP contribution is 2.22. The molecule has 0 aliphatic rings. The van der Waals surface area contributed by atoms with Crippen LogP contribution in [-0.4, -0.2) is 17.5 Å². The smallest absolute Gasteiger partial charge is 0.336 e. The van der Waals surface area contributed by atoms with E-state index in [4.69, 9.17) is 20.8 Å². The summed E-state index contributed by atoms with van der Waals surface area (Å²) >= 11 is 5.85. The number of ether oxygens (including phenoxy) is 1. The normalized spacial score (nSPS) is 11.7. The first-order valence-corrected chi connectivity index (χ1v) is 7.59. The summed E-state index contributed by atoms with van der Waals surface area (Å²) in [6.07, 6.45) is 0. The fourth-order valence-corrected chi connectivity index (χ4v) is 2.48. The van der Waals surface area contributed by atoms with Crippen LogP contribution < -0.4 is 10.4 Å². The van der Waals surface area contributed by atoms with E-state index in [-0.39, 0.29) is 12.2 Å². The predicted molar refractivity (Wildman–Crippen MR) is 92.5 cm³/mol. The van der Waals surface area contributed by atoms with Crippen molar-refractivity contribution in [2.75, 3.05) is 6.61 Å². The maximum Gasteiger partial charge on any atom is 0.336 e. The van der Waals surface area contributed by atoms with Crippen molar-refractivity contribution < 1.29 is 14.4 Å². The van der Waals surface area contributed by atoms with Crippen LogP contribution in [-0.2, 0) is 0 Å². The van der Waals surface area contributed by atoms with Crippen LogP contribution in [0.5, 0.6) is 5.75 Å². The molecular formula is C18H14ClNO4. The van der Waals surface area contributed by atoms with E-state index in [1.807, 2.05) is 6.92 Å². The van der Waals surface area contributed by atoms with E-state index in [2.05, 4.69) is 5.16 Å². The molecule has 3 rings (SSSR count). The Hall–Kier alpha value is -2.79. The lowest BCUT2D eigenvalue weighted by atomic mass is 10.1. The van der Waals surface area contributed by atoms with Gasteiger partial charge in [-0.15, -0.1) is 0 Å². The molecule has 24 heavy (non-hydrogen) atoms. The Balaban J connectivity index is 1.82. The second-order valence-electron chi connectivity index (χ2n) is 5.25. The molecule has 2 aromatic carbocycles. The zero-order chi connectivity index (χ0) is 17.1. The lowest BCUT2D eigenvalue weighted by Gasteiger charge is -2.09. The van der Waals surface area contributed by atoms with Crippen molar-refractivity contribution in [1.29, 1.82) is 0 Å². The molecule has 0 saturated heterocycles. The summed E-state index contributed by atoms with van der Waals surface area (Å²) in [6, 6.07) is 13.5. The quantitative estimate of drug-likeness (QED) is 0.336. The van der Waals surface area contributed by atoms with Gasteiger partial charge in [0.05, 0.1) is 0 Å². The monoisotopic (exact) mass is 343 g/mol. The summed E-state index contributed by atoms with van der Waals surface area (Å²) in [5.41, 5.74) is 2.01. The molecule has 1 N–H and O–H groups in total. The van der Waals surface area contributed by atoms with Gasteiger partial charge in [-0.3, -0.25) is 0 Å². The molecule has 0 atom stereocenters. The van der Waals surface area contributed by atoms with Crippen LogP contribution >= 0.6 is 11.6 Å². The van der Waals surface area contributed by atoms with E-state index in [9.17, 15) is 10.0 Å². The summed E-state index contributed by atoms with van der Waals surface area (Å²) < 4.78 is 10.8. The third-order valence-electron chi connectivity index (χ3n) is 3.59. The average Bonchev–Trinajstić information content (AvgIpc) is 2.57. The molecule has 6 heteroatoms. The Kier molecular flexibility index (Phi) is 4.53. The summed E-state index contributed by atoms with van der Waals surface area (Å²) in [6.45, 7) is 1.91. The Morgan fingerprint density at radius 3 is 2.67 bits per heavy atom. The van der Waals surface area contributed by atoms with Crippen LogP contribution in [0.2, 0.25) is 5.02 Å². The molecule has 0 unspecified atom stereocenters. The van der Waals surface area contributed by atoms with E-state index < -0.39 is 0 Å². The molecule has 0 aliphatic carbocycles. The van der Waals surface area contributed by atoms with Crippen LogP contribution in [0.25, 0.3) is 11.0 Å². The number of rotatable bonds is 4. The maximum atomic E-state index is 11.4. The number of nitrogens with zero attached hydrogens (tertiary/aromatic N) is 1. The highest BCUT2D eigenvalue weighted by molar-refractivity contribution is 6.30. The van der Waals surface area contributed by atoms with E-state index in [1.165, 1.54) is 6.07 Å². The molecule has 122 valence electrons. The second kappa shape index (κ2) is 6.76. The SMILES string of the molecule is Cc1cc(=O)oc2ccc(OC/C(=N/O)c3ccc(Cl)cc3)cc12. The van der Waals surface area contributed by atoms with Crippen molar-refractivity contribution in [2.45, 2.75) is 6.92 Å². The number of hydrogen-bond acceptors (Lipinski definition) is 5. The van der Waals surface area contributed by atoms with Gasteiger partial charge in [0.1, 0.15) is 23.7 Å². The highest BCUT2D eigenvalue weighted by Gasteiger charge is 2.08. The maximum absolute atomic E-state index is 11.4. The van der Waals surface area contributed by atoms with E-state index in [0.717, 1.165) is 10.9 Å². The number of benzene rings is 2. The minimum atomic E-state index is -0.383. The van der Waals surface area contributed by atoms with Gasteiger partial charge < -0.3 is 14.4 Å². The Morgan fingerprint density at radius 2 is 1.96 bits per heavy atom. The van der Waals surface area contributed by atoms with Crippen molar-refractivity contribution in [1.82, 2.24) is 0 Å². The van der Waals surface area contributed by atoms with Gasteiger partial charge in [0.25, 0.3) is 0 Å². The molecule has 5 nitrogen and oxygen atoms in total. The van der Waals surface area contributed by atoms with Crippen molar-refractivity contribution in [3.05, 3.63) is 75.1 Å². The molecular weight excluding hydrogens is 330 g/mol. The standard InChI is InChI=1S/C18H14ClNO4/c1-11-8-18(21)24-17-7-6-14(9-15(11)17)23-10-16(20-22)12-2-4-13(19)5-3-12/h2-9,22H,10H2,1H3/b20-16-. The largest absolute Gasteiger partial charge is 0.487 e. The fraction of sp³-hybridized carbons (Fsp3) is 0.111.